The summed E-state index contributed by atoms with van der Waals surface area (Å²) >= 11 is 0. The van der Waals surface area contributed by atoms with Gasteiger partial charge in [-0.1, -0.05) is 402 Å². The molecule has 0 aliphatic heterocycles. The molecule has 17 nitrogen and oxygen atoms in total. The van der Waals surface area contributed by atoms with Crippen molar-refractivity contribution in [1.82, 2.24) is 0 Å². The Morgan fingerprint density at radius 3 is 0.670 bits per heavy atom. The predicted molar refractivity (Wildman–Crippen MR) is 437 cm³/mol. The van der Waals surface area contributed by atoms with Gasteiger partial charge in [-0.2, -0.15) is 0 Å². The third-order valence-corrected chi connectivity index (χ3v) is 22.6. The molecule has 0 aromatic heterocycles. The van der Waals surface area contributed by atoms with Crippen molar-refractivity contribution in [2.24, 2.45) is 23.7 Å². The van der Waals surface area contributed by atoms with Crippen LogP contribution in [0.15, 0.2) is 0 Å². The van der Waals surface area contributed by atoms with Crippen LogP contribution in [0.4, 0.5) is 0 Å². The lowest BCUT2D eigenvalue weighted by Gasteiger charge is -2.21. The van der Waals surface area contributed by atoms with Crippen LogP contribution in [0.2, 0.25) is 0 Å². The van der Waals surface area contributed by atoms with Gasteiger partial charge in [0.2, 0.25) is 0 Å². The maximum atomic E-state index is 13.2. The van der Waals surface area contributed by atoms with Crippen molar-refractivity contribution in [3.05, 3.63) is 0 Å². The minimum Gasteiger partial charge on any atom is -0.462 e. The fourth-order valence-electron chi connectivity index (χ4n) is 13.5. The third kappa shape index (κ3) is 78.7. The molecule has 19 heteroatoms. The quantitative estimate of drug-likeness (QED) is 0.0222. The van der Waals surface area contributed by atoms with Crippen molar-refractivity contribution in [2.75, 3.05) is 39.6 Å². The average molecular weight is 1550 g/mol. The van der Waals surface area contributed by atoms with Crippen LogP contribution in [0.25, 0.3) is 0 Å². The number of hydrogen-bond donors (Lipinski definition) is 3. The molecule has 0 amide bonds. The zero-order valence-electron chi connectivity index (χ0n) is 70.1. The van der Waals surface area contributed by atoms with Crippen molar-refractivity contribution in [2.45, 2.75) is 472 Å². The van der Waals surface area contributed by atoms with E-state index in [9.17, 15) is 43.2 Å². The molecule has 106 heavy (non-hydrogen) atoms. The molecule has 6 atom stereocenters. The van der Waals surface area contributed by atoms with Gasteiger partial charge in [-0.15, -0.1) is 0 Å². The standard InChI is InChI=1S/C87H170O17P2/c1-9-80(8)66-58-50-42-34-28-22-17-19-25-31-37-45-54-62-69-86(91)103-82(73-97-84(89)67-59-51-43-35-29-23-15-13-11-10-12-14-20-26-32-39-47-55-63-77(2)3)75-101-105(93,94)99-71-81(88)72-100-106(95,96)102-76-83(74-98-85(90)68-60-52-46-38-41-49-57-65-79(6)7)104-87(92)70-61-53-44-36-30-24-18-16-21-27-33-40-48-56-64-78(4)5/h77-83,88H,9-76H2,1-8H3,(H,93,94)(H,95,96)/t80?,81?,82-,83-/m1/s1. The van der Waals surface area contributed by atoms with Crippen LogP contribution in [0.3, 0.4) is 0 Å². The summed E-state index contributed by atoms with van der Waals surface area (Å²) in [5.41, 5.74) is 0. The minimum absolute atomic E-state index is 0.107. The smallest absolute Gasteiger partial charge is 0.462 e. The molecule has 0 aliphatic rings. The lowest BCUT2D eigenvalue weighted by atomic mass is 9.99. The lowest BCUT2D eigenvalue weighted by molar-refractivity contribution is -0.161. The molecular formula is C87H170O17P2. The van der Waals surface area contributed by atoms with Crippen LogP contribution in [0, 0.1) is 23.7 Å². The van der Waals surface area contributed by atoms with Gasteiger partial charge >= 0.3 is 39.5 Å². The average Bonchev–Trinajstić information content (AvgIpc) is 0.899. The fraction of sp³-hybridized carbons (Fsp3) is 0.954. The second-order valence-electron chi connectivity index (χ2n) is 33.0. The number of phosphoric ester groups is 2. The highest BCUT2D eigenvalue weighted by Crippen LogP contribution is 2.45. The fourth-order valence-corrected chi connectivity index (χ4v) is 15.0. The topological polar surface area (TPSA) is 237 Å². The van der Waals surface area contributed by atoms with E-state index in [0.29, 0.717) is 31.6 Å². The second-order valence-corrected chi connectivity index (χ2v) is 35.9. The number of rotatable bonds is 84. The molecule has 0 aromatic rings. The van der Waals surface area contributed by atoms with Gasteiger partial charge in [0.05, 0.1) is 26.4 Å². The molecule has 0 aliphatic carbocycles. The largest absolute Gasteiger partial charge is 0.472 e. The first-order valence-electron chi connectivity index (χ1n) is 44.7. The van der Waals surface area contributed by atoms with Gasteiger partial charge in [-0.05, 0) is 49.4 Å². The second kappa shape index (κ2) is 75.7. The number of hydrogen-bond acceptors (Lipinski definition) is 15. The summed E-state index contributed by atoms with van der Waals surface area (Å²) in [4.78, 5) is 73.2. The highest BCUT2D eigenvalue weighted by Gasteiger charge is 2.31. The van der Waals surface area contributed by atoms with Gasteiger partial charge in [0.1, 0.15) is 19.3 Å². The summed E-state index contributed by atoms with van der Waals surface area (Å²) < 4.78 is 68.9. The Labute approximate surface area is 651 Å². The molecule has 0 radical (unpaired) electrons. The first-order valence-corrected chi connectivity index (χ1v) is 47.7. The van der Waals surface area contributed by atoms with E-state index in [2.05, 4.69) is 55.4 Å². The molecule has 3 N–H and O–H groups in total. The molecule has 0 bridgehead atoms. The summed E-state index contributed by atoms with van der Waals surface area (Å²) in [5, 5.41) is 10.7. The summed E-state index contributed by atoms with van der Waals surface area (Å²) in [5.74, 6) is 1.06. The summed E-state index contributed by atoms with van der Waals surface area (Å²) in [6.45, 7) is 14.3. The van der Waals surface area contributed by atoms with Gasteiger partial charge in [-0.3, -0.25) is 37.3 Å². The molecule has 630 valence electrons. The van der Waals surface area contributed by atoms with Crippen LogP contribution in [-0.4, -0.2) is 96.7 Å². The van der Waals surface area contributed by atoms with Crippen LogP contribution in [0.5, 0.6) is 0 Å². The first-order chi connectivity index (χ1) is 51.1. The zero-order valence-corrected chi connectivity index (χ0v) is 71.9. The van der Waals surface area contributed by atoms with E-state index < -0.39 is 97.5 Å². The highest BCUT2D eigenvalue weighted by atomic mass is 31.2. The minimum atomic E-state index is -4.97. The van der Waals surface area contributed by atoms with Crippen LogP contribution in [-0.2, 0) is 65.4 Å². The van der Waals surface area contributed by atoms with E-state index in [-0.39, 0.29) is 25.7 Å². The normalized spacial score (nSPS) is 14.2. The van der Waals surface area contributed by atoms with Crippen molar-refractivity contribution in [3.63, 3.8) is 0 Å². The lowest BCUT2D eigenvalue weighted by Crippen LogP contribution is -2.30. The summed E-state index contributed by atoms with van der Waals surface area (Å²) in [7, 11) is -9.93. The maximum absolute atomic E-state index is 13.2. The summed E-state index contributed by atoms with van der Waals surface area (Å²) in [6, 6.07) is 0. The Bertz CT molecular complexity index is 2060. The molecule has 0 heterocycles. The van der Waals surface area contributed by atoms with E-state index in [1.807, 2.05) is 0 Å². The number of phosphoric acid groups is 2. The molecule has 0 saturated carbocycles. The maximum Gasteiger partial charge on any atom is 0.472 e. The molecule has 0 rings (SSSR count). The van der Waals surface area contributed by atoms with Crippen molar-refractivity contribution in [1.29, 1.82) is 0 Å². The number of aliphatic hydroxyl groups excluding tert-OH is 1. The third-order valence-electron chi connectivity index (χ3n) is 20.7. The molecular weight excluding hydrogens is 1380 g/mol. The molecule has 0 spiro atoms. The SMILES string of the molecule is CCC(C)CCCCCCCCCCCCCCCCC(=O)O[C@H](COC(=O)CCCCCCCCCCCCCCCCCCCCC(C)C)COP(=O)(O)OCC(O)COP(=O)(O)OC[C@@H](COC(=O)CCCCCCCCCC(C)C)OC(=O)CCCCCCCCCCCCCCCCC(C)C. The van der Waals surface area contributed by atoms with E-state index in [4.69, 9.17) is 37.0 Å². The molecule has 0 fully saturated rings. The van der Waals surface area contributed by atoms with Gasteiger partial charge in [-0.25, -0.2) is 9.13 Å². The molecule has 0 saturated heterocycles. The Kier molecular flexibility index (Phi) is 74.3. The van der Waals surface area contributed by atoms with Crippen LogP contribution in [0.1, 0.15) is 453 Å². The number of ether oxygens (including phenoxy) is 4. The number of carbonyl (C=O) groups is 4. The van der Waals surface area contributed by atoms with E-state index in [1.54, 1.807) is 0 Å². The van der Waals surface area contributed by atoms with Crippen molar-refractivity contribution in [3.8, 4) is 0 Å². The van der Waals surface area contributed by atoms with E-state index in [0.717, 1.165) is 114 Å². The van der Waals surface area contributed by atoms with Gasteiger partial charge < -0.3 is 33.8 Å². The molecule has 4 unspecified atom stereocenters. The van der Waals surface area contributed by atoms with Crippen LogP contribution >= 0.6 is 15.6 Å². The monoisotopic (exact) mass is 1550 g/mol. The van der Waals surface area contributed by atoms with Gasteiger partial charge in [0.15, 0.2) is 12.2 Å². The number of carbonyl (C=O) groups excluding carboxylic acids is 4. The van der Waals surface area contributed by atoms with E-state index in [1.165, 1.54) is 250 Å². The number of aliphatic hydroxyl groups is 1. The van der Waals surface area contributed by atoms with Crippen LogP contribution < -0.4 is 0 Å². The summed E-state index contributed by atoms with van der Waals surface area (Å²) in [6.07, 6.45) is 65.3. The van der Waals surface area contributed by atoms with Gasteiger partial charge in [0.25, 0.3) is 0 Å². The first kappa shape index (κ1) is 104. The Balaban J connectivity index is 5.23. The van der Waals surface area contributed by atoms with Gasteiger partial charge in [0, 0.05) is 25.7 Å². The zero-order chi connectivity index (χ0) is 78.1. The molecule has 0 aromatic carbocycles. The van der Waals surface area contributed by atoms with Crippen molar-refractivity contribution < 1.29 is 80.2 Å². The number of unbranched alkanes of at least 4 members (excludes halogenated alkanes) is 49. The Hall–Kier alpha value is -1.94. The number of esters is 4. The highest BCUT2D eigenvalue weighted by molar-refractivity contribution is 7.47. The predicted octanol–water partition coefficient (Wildman–Crippen LogP) is 26.3. The Morgan fingerprint density at radius 1 is 0.264 bits per heavy atom. The van der Waals surface area contributed by atoms with E-state index >= 15 is 0 Å². The van der Waals surface area contributed by atoms with Crippen molar-refractivity contribution >= 4 is 39.5 Å². The Morgan fingerprint density at radius 2 is 0.453 bits per heavy atom.